The van der Waals surface area contributed by atoms with E-state index in [9.17, 15) is 34.5 Å². The Morgan fingerprint density at radius 1 is 0.442 bits per heavy atom. The third-order valence-electron chi connectivity index (χ3n) is 13.1. The minimum atomic E-state index is -1.92. The molecule has 0 aromatic heterocycles. The highest BCUT2D eigenvalue weighted by Crippen LogP contribution is 2.26. The Balaban J connectivity index is 2.71. The van der Waals surface area contributed by atoms with E-state index < -0.39 is 67.3 Å². The summed E-state index contributed by atoms with van der Waals surface area (Å²) in [5, 5.41) is 31.5. The van der Waals surface area contributed by atoms with E-state index in [1.807, 2.05) is 0 Å². The Morgan fingerprint density at radius 3 is 1.26 bits per heavy atom. The van der Waals surface area contributed by atoms with Gasteiger partial charge >= 0.3 is 23.9 Å². The third kappa shape index (κ3) is 42.3. The standard InChI is InChI=1S/C65H106O12/c1-4-7-10-13-16-19-22-25-27-28-29-30-32-34-36-39-42-45-48-51-57(66)73-54-56(75-58(67)52-49-46-43-40-37-33-24-21-18-15-12-9-6-3)55-74-65-63(61(70)60(69)62(77-65)64(71)72)76-59(68)53-50-47-44-41-38-35-31-26-23-20-17-14-11-8-5-2/h9,12,16-21,25-27,29-31,33,37,56,60-63,65,69-70H,4-8,10-11,13-15,22-24,28,32,34-36,38-55H2,1-3H3,(H,71,72)/b12-9-,19-16-,20-17-,21-18-,27-25-,30-29-,31-26-,37-33-. The third-order valence-corrected chi connectivity index (χ3v) is 13.1. The molecule has 12 nitrogen and oxygen atoms in total. The SMILES string of the molecule is CC/C=C\C/C=C\C/C=C\CCCCCC(=O)OC(COC(=O)CCCCCCCC/C=C\C/C=C\C/C=C\CCCCC)COC1OC(C(=O)O)C(O)C(O)C1OC(=O)CCCCCCC/C=C\C/C=C\CCCCC. The van der Waals surface area contributed by atoms with Gasteiger partial charge < -0.3 is 39.0 Å². The van der Waals surface area contributed by atoms with Gasteiger partial charge in [-0.1, -0.05) is 195 Å². The zero-order valence-electron chi connectivity index (χ0n) is 48.2. The summed E-state index contributed by atoms with van der Waals surface area (Å²) >= 11 is 0. The van der Waals surface area contributed by atoms with E-state index in [1.54, 1.807) is 0 Å². The van der Waals surface area contributed by atoms with Crippen LogP contribution in [0.4, 0.5) is 0 Å². The number of hydrogen-bond donors (Lipinski definition) is 3. The molecule has 0 spiro atoms. The second-order valence-corrected chi connectivity index (χ2v) is 20.2. The number of ether oxygens (including phenoxy) is 5. The van der Waals surface area contributed by atoms with Crippen LogP contribution in [0, 0.1) is 0 Å². The van der Waals surface area contributed by atoms with Crippen molar-refractivity contribution in [1.29, 1.82) is 0 Å². The molecule has 1 heterocycles. The highest BCUT2D eigenvalue weighted by atomic mass is 16.7. The number of aliphatic carboxylic acids is 1. The lowest BCUT2D eigenvalue weighted by atomic mass is 9.98. The number of carboxylic acid groups (broad SMARTS) is 1. The Kier molecular flexibility index (Phi) is 48.0. The molecule has 1 saturated heterocycles. The summed E-state index contributed by atoms with van der Waals surface area (Å²) in [5.41, 5.74) is 0. The Bertz CT molecular complexity index is 1710. The first-order valence-corrected chi connectivity index (χ1v) is 30.2. The molecule has 0 bridgehead atoms. The quantitative estimate of drug-likeness (QED) is 0.0228. The molecule has 0 aromatic rings. The van der Waals surface area contributed by atoms with E-state index in [-0.39, 0.29) is 25.9 Å². The molecular formula is C65H106O12. The van der Waals surface area contributed by atoms with E-state index in [4.69, 9.17) is 23.7 Å². The predicted molar refractivity (Wildman–Crippen MR) is 312 cm³/mol. The summed E-state index contributed by atoms with van der Waals surface area (Å²) in [6.07, 6.45) is 56.6. The zero-order valence-corrected chi connectivity index (χ0v) is 48.2. The minimum absolute atomic E-state index is 0.0355. The van der Waals surface area contributed by atoms with Gasteiger partial charge in [0.2, 0.25) is 0 Å². The molecule has 1 fully saturated rings. The first kappa shape index (κ1) is 70.7. The van der Waals surface area contributed by atoms with Gasteiger partial charge in [0.05, 0.1) is 6.61 Å². The molecule has 1 rings (SSSR count). The largest absolute Gasteiger partial charge is 0.479 e. The van der Waals surface area contributed by atoms with Crippen LogP contribution in [0.3, 0.4) is 0 Å². The van der Waals surface area contributed by atoms with E-state index in [0.29, 0.717) is 19.3 Å². The number of hydrogen-bond acceptors (Lipinski definition) is 11. The number of allylic oxidation sites excluding steroid dienone is 16. The minimum Gasteiger partial charge on any atom is -0.479 e. The monoisotopic (exact) mass is 1080 g/mol. The lowest BCUT2D eigenvalue weighted by Crippen LogP contribution is -2.61. The fourth-order valence-corrected chi connectivity index (χ4v) is 8.48. The highest BCUT2D eigenvalue weighted by Gasteiger charge is 2.50. The van der Waals surface area contributed by atoms with Gasteiger partial charge in [0, 0.05) is 19.3 Å². The molecule has 12 heteroatoms. The lowest BCUT2D eigenvalue weighted by Gasteiger charge is -2.40. The average molecular weight is 1080 g/mol. The number of aliphatic hydroxyl groups excluding tert-OH is 2. The molecule has 0 amide bonds. The van der Waals surface area contributed by atoms with Crippen LogP contribution in [-0.4, -0.2) is 89.2 Å². The summed E-state index contributed by atoms with van der Waals surface area (Å²) in [7, 11) is 0. The summed E-state index contributed by atoms with van der Waals surface area (Å²) in [4.78, 5) is 51.1. The second kappa shape index (κ2) is 52.3. The molecule has 77 heavy (non-hydrogen) atoms. The number of rotatable bonds is 50. The number of carboxylic acids is 1. The number of aliphatic hydroxyl groups is 2. The number of carbonyl (C=O) groups is 4. The van der Waals surface area contributed by atoms with Crippen molar-refractivity contribution in [3.05, 3.63) is 97.2 Å². The fourth-order valence-electron chi connectivity index (χ4n) is 8.48. The molecule has 0 aliphatic carbocycles. The molecule has 0 aromatic carbocycles. The van der Waals surface area contributed by atoms with Crippen LogP contribution in [0.25, 0.3) is 0 Å². The first-order chi connectivity index (χ1) is 37.6. The van der Waals surface area contributed by atoms with Gasteiger partial charge in [-0.25, -0.2) is 4.79 Å². The highest BCUT2D eigenvalue weighted by molar-refractivity contribution is 5.74. The van der Waals surface area contributed by atoms with Gasteiger partial charge in [-0.3, -0.25) is 14.4 Å². The Hall–Kier alpha value is -4.36. The van der Waals surface area contributed by atoms with E-state index in [2.05, 4.69) is 118 Å². The van der Waals surface area contributed by atoms with Crippen molar-refractivity contribution in [2.75, 3.05) is 13.2 Å². The predicted octanol–water partition coefficient (Wildman–Crippen LogP) is 15.7. The second-order valence-electron chi connectivity index (χ2n) is 20.2. The van der Waals surface area contributed by atoms with Gasteiger partial charge in [0.25, 0.3) is 0 Å². The smallest absolute Gasteiger partial charge is 0.335 e. The summed E-state index contributed by atoms with van der Waals surface area (Å²) in [6.45, 7) is 5.78. The molecular weight excluding hydrogens is 973 g/mol. The van der Waals surface area contributed by atoms with Crippen molar-refractivity contribution in [3.8, 4) is 0 Å². The van der Waals surface area contributed by atoms with Crippen LogP contribution < -0.4 is 0 Å². The zero-order chi connectivity index (χ0) is 56.1. The van der Waals surface area contributed by atoms with Gasteiger partial charge in [0.1, 0.15) is 18.8 Å². The van der Waals surface area contributed by atoms with Crippen LogP contribution in [0.1, 0.15) is 239 Å². The topological polar surface area (TPSA) is 175 Å². The summed E-state index contributed by atoms with van der Waals surface area (Å²) in [5.74, 6) is -3.20. The van der Waals surface area contributed by atoms with Crippen LogP contribution in [-0.2, 0) is 42.9 Å². The van der Waals surface area contributed by atoms with Gasteiger partial charge in [-0.2, -0.15) is 0 Å². The average Bonchev–Trinajstić information content (AvgIpc) is 3.42. The molecule has 3 N–H and O–H groups in total. The first-order valence-electron chi connectivity index (χ1n) is 30.2. The maximum Gasteiger partial charge on any atom is 0.335 e. The number of esters is 3. The van der Waals surface area contributed by atoms with Crippen LogP contribution in [0.15, 0.2) is 97.2 Å². The van der Waals surface area contributed by atoms with Gasteiger partial charge in [-0.05, 0) is 122 Å². The van der Waals surface area contributed by atoms with Crippen molar-refractivity contribution in [2.45, 2.75) is 276 Å². The van der Waals surface area contributed by atoms with Gasteiger partial charge in [-0.15, -0.1) is 0 Å². The molecule has 0 radical (unpaired) electrons. The van der Waals surface area contributed by atoms with Gasteiger partial charge in [0.15, 0.2) is 24.6 Å². The molecule has 438 valence electrons. The lowest BCUT2D eigenvalue weighted by molar-refractivity contribution is -0.301. The number of carbonyl (C=O) groups excluding carboxylic acids is 3. The van der Waals surface area contributed by atoms with Crippen molar-refractivity contribution in [1.82, 2.24) is 0 Å². The van der Waals surface area contributed by atoms with E-state index in [1.165, 1.54) is 44.9 Å². The molecule has 0 saturated carbocycles. The van der Waals surface area contributed by atoms with Crippen molar-refractivity contribution < 1.29 is 58.2 Å². The molecule has 1 aliphatic heterocycles. The molecule has 1 aliphatic rings. The molecule has 6 atom stereocenters. The Morgan fingerprint density at radius 2 is 0.818 bits per heavy atom. The number of unbranched alkanes of at least 4 members (excludes halogenated alkanes) is 20. The summed E-state index contributed by atoms with van der Waals surface area (Å²) in [6, 6.07) is 0. The van der Waals surface area contributed by atoms with E-state index in [0.717, 1.165) is 135 Å². The van der Waals surface area contributed by atoms with Crippen molar-refractivity contribution in [3.63, 3.8) is 0 Å². The maximum absolute atomic E-state index is 13.1. The van der Waals surface area contributed by atoms with Crippen LogP contribution in [0.2, 0.25) is 0 Å². The van der Waals surface area contributed by atoms with Crippen molar-refractivity contribution >= 4 is 23.9 Å². The Labute approximate surface area is 466 Å². The normalized spacial score (nSPS) is 18.7. The fraction of sp³-hybridized carbons (Fsp3) is 0.692. The van der Waals surface area contributed by atoms with Crippen LogP contribution >= 0.6 is 0 Å². The van der Waals surface area contributed by atoms with Crippen molar-refractivity contribution in [2.24, 2.45) is 0 Å². The summed E-state index contributed by atoms with van der Waals surface area (Å²) < 4.78 is 28.4. The van der Waals surface area contributed by atoms with Crippen LogP contribution in [0.5, 0.6) is 0 Å². The maximum atomic E-state index is 13.1. The molecule has 6 unspecified atom stereocenters. The van der Waals surface area contributed by atoms with E-state index >= 15 is 0 Å².